The molecule has 0 N–H and O–H groups in total. The van der Waals surface area contributed by atoms with Gasteiger partial charge < -0.3 is 9.71 Å². The molecule has 0 bridgehead atoms. The molecule has 0 saturated heterocycles. The highest BCUT2D eigenvalue weighted by atomic mass is 15.2. The molecule has 60 heavy (non-hydrogen) atoms. The van der Waals surface area contributed by atoms with Crippen molar-refractivity contribution in [3.63, 3.8) is 0 Å². The van der Waals surface area contributed by atoms with Crippen LogP contribution in [-0.4, -0.2) is 6.85 Å². The van der Waals surface area contributed by atoms with E-state index >= 15 is 0 Å². The van der Waals surface area contributed by atoms with E-state index in [0.717, 1.165) is 0 Å². The Hall–Kier alpha value is -7.10. The molecule has 9 aromatic carbocycles. The van der Waals surface area contributed by atoms with Crippen LogP contribution in [0, 0.1) is 13.8 Å². The predicted molar refractivity (Wildman–Crippen MR) is 256 cm³/mol. The summed E-state index contributed by atoms with van der Waals surface area (Å²) in [5, 5.41) is 2.50. The zero-order valence-corrected chi connectivity index (χ0v) is 34.4. The first kappa shape index (κ1) is 34.9. The molecule has 0 atom stereocenters. The fourth-order valence-electron chi connectivity index (χ4n) is 10.7. The molecular formula is C57H43BN2. The molecule has 3 heteroatoms. The second-order valence-electron chi connectivity index (χ2n) is 17.5. The van der Waals surface area contributed by atoms with Gasteiger partial charge >= 0.3 is 6.85 Å². The molecule has 0 amide bonds. The minimum absolute atomic E-state index is 0.0804. The van der Waals surface area contributed by atoms with Crippen molar-refractivity contribution in [1.29, 1.82) is 0 Å². The molecule has 2 nitrogen and oxygen atoms in total. The van der Waals surface area contributed by atoms with Gasteiger partial charge in [-0.1, -0.05) is 153 Å². The number of benzene rings is 9. The number of fused-ring (bicyclic) bond motifs is 8. The van der Waals surface area contributed by atoms with Crippen LogP contribution in [0.1, 0.15) is 36.1 Å². The second kappa shape index (κ2) is 13.0. The highest BCUT2D eigenvalue weighted by molar-refractivity contribution is 6.93. The summed E-state index contributed by atoms with van der Waals surface area (Å²) in [4.78, 5) is 5.25. The fraction of sp³-hybridized carbons (Fsp3) is 0.0877. The number of rotatable bonds is 4. The smallest absolute Gasteiger partial charge is 0.333 e. The Morgan fingerprint density at radius 3 is 1.78 bits per heavy atom. The van der Waals surface area contributed by atoms with Gasteiger partial charge in [-0.2, -0.15) is 0 Å². The Morgan fingerprint density at radius 2 is 1.05 bits per heavy atom. The van der Waals surface area contributed by atoms with Gasteiger partial charge in [0.1, 0.15) is 0 Å². The summed E-state index contributed by atoms with van der Waals surface area (Å²) in [5.74, 6) is 0. The normalized spacial score (nSPS) is 14.0. The summed E-state index contributed by atoms with van der Waals surface area (Å²) < 4.78 is 0. The molecule has 12 rings (SSSR count). The van der Waals surface area contributed by atoms with E-state index in [1.807, 2.05) is 0 Å². The van der Waals surface area contributed by atoms with E-state index in [0.29, 0.717) is 0 Å². The first-order valence-electron chi connectivity index (χ1n) is 21.2. The zero-order valence-electron chi connectivity index (χ0n) is 34.4. The maximum atomic E-state index is 2.65. The highest BCUT2D eigenvalue weighted by Crippen LogP contribution is 2.53. The van der Waals surface area contributed by atoms with Crippen LogP contribution >= 0.6 is 0 Å². The number of anilines is 5. The van der Waals surface area contributed by atoms with E-state index in [9.17, 15) is 0 Å². The van der Waals surface area contributed by atoms with Gasteiger partial charge in [-0.3, -0.25) is 0 Å². The van der Waals surface area contributed by atoms with E-state index in [1.165, 1.54) is 117 Å². The van der Waals surface area contributed by atoms with Gasteiger partial charge in [0.15, 0.2) is 0 Å². The zero-order chi connectivity index (χ0) is 40.3. The van der Waals surface area contributed by atoms with Crippen LogP contribution in [0.15, 0.2) is 188 Å². The van der Waals surface area contributed by atoms with E-state index in [2.05, 4.69) is 225 Å². The Bertz CT molecular complexity index is 3200. The third-order valence-corrected chi connectivity index (χ3v) is 13.6. The molecular weight excluding hydrogens is 723 g/mol. The van der Waals surface area contributed by atoms with Crippen molar-refractivity contribution >= 4 is 57.0 Å². The van der Waals surface area contributed by atoms with Crippen molar-refractivity contribution < 1.29 is 0 Å². The maximum Gasteiger partial charge on any atom is 0.333 e. The van der Waals surface area contributed by atoms with Crippen LogP contribution in [0.2, 0.25) is 0 Å². The molecule has 0 spiro atoms. The highest BCUT2D eigenvalue weighted by Gasteiger charge is 2.47. The summed E-state index contributed by atoms with van der Waals surface area (Å²) >= 11 is 0. The molecule has 0 fully saturated rings. The summed E-state index contributed by atoms with van der Waals surface area (Å²) in [7, 11) is 0. The Balaban J connectivity index is 1.17. The van der Waals surface area contributed by atoms with Crippen molar-refractivity contribution in [1.82, 2.24) is 0 Å². The van der Waals surface area contributed by atoms with E-state index in [4.69, 9.17) is 0 Å². The molecule has 2 heterocycles. The Morgan fingerprint density at radius 1 is 0.417 bits per heavy atom. The van der Waals surface area contributed by atoms with Gasteiger partial charge in [-0.05, 0) is 145 Å². The van der Waals surface area contributed by atoms with Gasteiger partial charge in [0.05, 0.1) is 0 Å². The Kier molecular flexibility index (Phi) is 7.53. The number of hydrogen-bond acceptors (Lipinski definition) is 2. The maximum absolute atomic E-state index is 2.65. The molecule has 0 saturated carbocycles. The minimum atomic E-state index is -0.151. The number of nitrogens with zero attached hydrogens (tertiary/aromatic N) is 2. The lowest BCUT2D eigenvalue weighted by Gasteiger charge is -2.46. The molecule has 0 aromatic heterocycles. The first-order valence-corrected chi connectivity index (χ1v) is 21.2. The molecule has 0 radical (unpaired) electrons. The van der Waals surface area contributed by atoms with Gasteiger partial charge in [0, 0.05) is 39.4 Å². The van der Waals surface area contributed by atoms with Gasteiger partial charge in [0.25, 0.3) is 0 Å². The van der Waals surface area contributed by atoms with Gasteiger partial charge in [-0.25, -0.2) is 0 Å². The molecule has 9 aromatic rings. The van der Waals surface area contributed by atoms with Crippen LogP contribution in [0.4, 0.5) is 28.4 Å². The molecule has 1 aliphatic carbocycles. The summed E-state index contributed by atoms with van der Waals surface area (Å²) in [5.41, 5.74) is 24.0. The van der Waals surface area contributed by atoms with Crippen molar-refractivity contribution in [2.24, 2.45) is 0 Å². The fourth-order valence-corrected chi connectivity index (χ4v) is 10.7. The SMILES string of the molecule is Cc1cc2c3c(c1)N(c1ccc(-c4ccccc4)cc1C)c1cc4c(cc1B3N(c1ccc(-c3ccccc3)cc1)c1cc3ccccc3cc1-2)-c1ccccc1C4(C)C. The lowest BCUT2D eigenvalue weighted by Crippen LogP contribution is -2.61. The molecule has 0 unspecified atom stereocenters. The van der Waals surface area contributed by atoms with Crippen LogP contribution in [0.3, 0.4) is 0 Å². The lowest BCUT2D eigenvalue weighted by molar-refractivity contribution is 0.660. The average Bonchev–Trinajstić information content (AvgIpc) is 3.51. The monoisotopic (exact) mass is 766 g/mol. The number of hydrogen-bond donors (Lipinski definition) is 0. The van der Waals surface area contributed by atoms with Crippen LogP contribution in [0.25, 0.3) is 55.3 Å². The van der Waals surface area contributed by atoms with Crippen molar-refractivity contribution in [2.45, 2.75) is 33.1 Å². The lowest BCUT2D eigenvalue weighted by atomic mass is 9.43. The molecule has 3 aliphatic rings. The van der Waals surface area contributed by atoms with Crippen LogP contribution < -0.4 is 20.6 Å². The third kappa shape index (κ3) is 5.08. The topological polar surface area (TPSA) is 6.48 Å². The first-order chi connectivity index (χ1) is 29.3. The van der Waals surface area contributed by atoms with Gasteiger partial charge in [0.2, 0.25) is 0 Å². The van der Waals surface area contributed by atoms with Crippen LogP contribution in [0.5, 0.6) is 0 Å². The largest absolute Gasteiger partial charge is 0.376 e. The summed E-state index contributed by atoms with van der Waals surface area (Å²) in [6, 6.07) is 70.5. The summed E-state index contributed by atoms with van der Waals surface area (Å²) in [6.45, 7) is 9.27. The number of aryl methyl sites for hydroxylation is 2. The second-order valence-corrected chi connectivity index (χ2v) is 17.5. The minimum Gasteiger partial charge on any atom is -0.376 e. The molecule has 2 aliphatic heterocycles. The summed E-state index contributed by atoms with van der Waals surface area (Å²) in [6.07, 6.45) is 0. The quantitative estimate of drug-likeness (QED) is 0.165. The van der Waals surface area contributed by atoms with E-state index in [1.54, 1.807) is 0 Å². The average molecular weight is 767 g/mol. The standard InChI is InChI=1S/C57H43BN2/c1-36-29-48-47-32-41-19-11-12-20-42(41)33-53(47)60(44-26-23-40(24-27-44)38-15-7-5-8-16-38)58-51-34-46-45-21-13-14-22-49(45)57(3,4)50(46)35-54(51)59(55(30-36)56(48)58)52-28-25-43(31-37(52)2)39-17-9-6-10-18-39/h5-35H,1-4H3. The van der Waals surface area contributed by atoms with Gasteiger partial charge in [-0.15, -0.1) is 0 Å². The predicted octanol–water partition coefficient (Wildman–Crippen LogP) is 13.8. The van der Waals surface area contributed by atoms with Crippen molar-refractivity contribution in [2.75, 3.05) is 9.71 Å². The van der Waals surface area contributed by atoms with Crippen molar-refractivity contribution in [3.05, 3.63) is 210 Å². The van der Waals surface area contributed by atoms with Crippen LogP contribution in [-0.2, 0) is 5.41 Å². The molecule has 284 valence electrons. The van der Waals surface area contributed by atoms with Crippen molar-refractivity contribution in [3.8, 4) is 44.5 Å². The third-order valence-electron chi connectivity index (χ3n) is 13.6. The van der Waals surface area contributed by atoms with E-state index < -0.39 is 0 Å². The Labute approximate surface area is 353 Å². The van der Waals surface area contributed by atoms with E-state index in [-0.39, 0.29) is 12.3 Å².